The van der Waals surface area contributed by atoms with Crippen molar-refractivity contribution < 1.29 is 4.74 Å². The molecule has 16 heavy (non-hydrogen) atoms. The van der Waals surface area contributed by atoms with Gasteiger partial charge in [-0.05, 0) is 26.7 Å². The summed E-state index contributed by atoms with van der Waals surface area (Å²) in [6.45, 7) is 4.97. The van der Waals surface area contributed by atoms with Crippen LogP contribution in [0.1, 0.15) is 26.7 Å². The number of hydrogen-bond donors (Lipinski definition) is 1. The lowest BCUT2D eigenvalue weighted by atomic mass is 10.1. The Morgan fingerprint density at radius 1 is 1.62 bits per heavy atom. The quantitative estimate of drug-likeness (QED) is 0.822. The zero-order valence-electron chi connectivity index (χ0n) is 9.77. The molecule has 0 radical (unpaired) electrons. The fourth-order valence-electron chi connectivity index (χ4n) is 2.10. The minimum Gasteiger partial charge on any atom is -0.394 e. The van der Waals surface area contributed by atoms with Gasteiger partial charge in [0, 0.05) is 25.0 Å². The Morgan fingerprint density at radius 3 is 2.94 bits per heavy atom. The van der Waals surface area contributed by atoms with E-state index in [0.29, 0.717) is 5.69 Å². The monoisotopic (exact) mass is 222 g/mol. The number of hydrogen-bond acceptors (Lipinski definition) is 3. The van der Waals surface area contributed by atoms with Crippen molar-refractivity contribution in [1.82, 2.24) is 4.57 Å². The molecule has 2 rings (SSSR count). The molecular formula is C12H18N2O2. The molecule has 2 N–H and O–H groups in total. The largest absolute Gasteiger partial charge is 0.394 e. The first-order chi connectivity index (χ1) is 7.46. The van der Waals surface area contributed by atoms with Crippen LogP contribution in [0.5, 0.6) is 0 Å². The van der Waals surface area contributed by atoms with Gasteiger partial charge in [0.15, 0.2) is 0 Å². The summed E-state index contributed by atoms with van der Waals surface area (Å²) in [4.78, 5) is 11.1. The van der Waals surface area contributed by atoms with E-state index in [2.05, 4.69) is 13.8 Å². The first-order valence-electron chi connectivity index (χ1n) is 5.60. The maximum Gasteiger partial charge on any atom is 0.204 e. The highest BCUT2D eigenvalue weighted by Gasteiger charge is 2.31. The van der Waals surface area contributed by atoms with Gasteiger partial charge >= 0.3 is 0 Å². The standard InChI is InChI=1S/C12H18N2O2/c1-12(2)5-3-9(16-12)7-14-6-4-11(15)10(13)8-14/h4,6,8-9H,3,5,7,13H2,1-2H3. The lowest BCUT2D eigenvalue weighted by Crippen LogP contribution is -2.23. The number of nitrogen functional groups attached to an aromatic ring is 1. The molecular weight excluding hydrogens is 204 g/mol. The Kier molecular flexibility index (Phi) is 2.76. The van der Waals surface area contributed by atoms with E-state index in [4.69, 9.17) is 10.5 Å². The number of pyridine rings is 1. The number of rotatable bonds is 2. The van der Waals surface area contributed by atoms with E-state index in [-0.39, 0.29) is 17.1 Å². The third-order valence-corrected chi connectivity index (χ3v) is 2.98. The lowest BCUT2D eigenvalue weighted by Gasteiger charge is -2.20. The number of nitrogens with two attached hydrogens (primary N) is 1. The van der Waals surface area contributed by atoms with E-state index >= 15 is 0 Å². The molecule has 1 fully saturated rings. The Morgan fingerprint density at radius 2 is 2.38 bits per heavy atom. The molecule has 0 bridgehead atoms. The van der Waals surface area contributed by atoms with Crippen LogP contribution in [-0.2, 0) is 11.3 Å². The minimum atomic E-state index is -0.121. The van der Waals surface area contributed by atoms with Gasteiger partial charge in [0.25, 0.3) is 0 Å². The summed E-state index contributed by atoms with van der Waals surface area (Å²) in [6.07, 6.45) is 5.79. The highest BCUT2D eigenvalue weighted by molar-refractivity contribution is 5.33. The molecule has 0 saturated carbocycles. The van der Waals surface area contributed by atoms with E-state index in [1.54, 1.807) is 12.4 Å². The number of aromatic nitrogens is 1. The summed E-state index contributed by atoms with van der Waals surface area (Å²) < 4.78 is 7.80. The summed E-state index contributed by atoms with van der Waals surface area (Å²) >= 11 is 0. The molecule has 1 aliphatic rings. The molecule has 1 aromatic rings. The predicted molar refractivity (Wildman–Crippen MR) is 63.3 cm³/mol. The van der Waals surface area contributed by atoms with E-state index in [0.717, 1.165) is 19.4 Å². The van der Waals surface area contributed by atoms with E-state index in [1.165, 1.54) is 6.07 Å². The summed E-state index contributed by atoms with van der Waals surface area (Å²) in [5.74, 6) is 0. The molecule has 1 aromatic heterocycles. The molecule has 1 unspecified atom stereocenters. The van der Waals surface area contributed by atoms with Crippen LogP contribution in [0.4, 0.5) is 5.69 Å². The molecule has 4 nitrogen and oxygen atoms in total. The average molecular weight is 222 g/mol. The fraction of sp³-hybridized carbons (Fsp3) is 0.583. The van der Waals surface area contributed by atoms with E-state index in [9.17, 15) is 4.79 Å². The van der Waals surface area contributed by atoms with Gasteiger partial charge in [0.05, 0.1) is 17.4 Å². The normalized spacial score (nSPS) is 23.5. The zero-order chi connectivity index (χ0) is 11.8. The third-order valence-electron chi connectivity index (χ3n) is 2.98. The van der Waals surface area contributed by atoms with Gasteiger partial charge < -0.3 is 15.0 Å². The maximum atomic E-state index is 11.1. The smallest absolute Gasteiger partial charge is 0.204 e. The Bertz CT molecular complexity index is 437. The van der Waals surface area contributed by atoms with Crippen molar-refractivity contribution in [1.29, 1.82) is 0 Å². The molecule has 2 heterocycles. The van der Waals surface area contributed by atoms with Crippen LogP contribution in [-0.4, -0.2) is 16.3 Å². The van der Waals surface area contributed by atoms with Gasteiger partial charge in [-0.3, -0.25) is 4.79 Å². The van der Waals surface area contributed by atoms with E-state index in [1.807, 2.05) is 4.57 Å². The SMILES string of the molecule is CC1(C)CCC(Cn2ccc(=O)c(N)c2)O1. The van der Waals surface area contributed by atoms with Crippen molar-refractivity contribution >= 4 is 5.69 Å². The van der Waals surface area contributed by atoms with Gasteiger partial charge in [-0.25, -0.2) is 0 Å². The molecule has 88 valence electrons. The molecule has 0 aromatic carbocycles. The molecule has 0 amide bonds. The van der Waals surface area contributed by atoms with Crippen LogP contribution in [0.25, 0.3) is 0 Å². The first-order valence-corrected chi connectivity index (χ1v) is 5.60. The van der Waals surface area contributed by atoms with Gasteiger partial charge in [-0.15, -0.1) is 0 Å². The van der Waals surface area contributed by atoms with Crippen LogP contribution in [0, 0.1) is 0 Å². The summed E-state index contributed by atoms with van der Waals surface area (Å²) in [6, 6.07) is 1.50. The second kappa shape index (κ2) is 3.94. The molecule has 4 heteroatoms. The minimum absolute atomic E-state index is 0.0186. The average Bonchev–Trinajstić information content (AvgIpc) is 2.52. The number of ether oxygens (including phenoxy) is 1. The van der Waals surface area contributed by atoms with Crippen LogP contribution in [0.2, 0.25) is 0 Å². The maximum absolute atomic E-state index is 11.1. The summed E-state index contributed by atoms with van der Waals surface area (Å²) in [7, 11) is 0. The van der Waals surface area contributed by atoms with Crippen molar-refractivity contribution in [2.45, 2.75) is 44.9 Å². The van der Waals surface area contributed by atoms with Crippen LogP contribution in [0.15, 0.2) is 23.3 Å². The predicted octanol–water partition coefficient (Wildman–Crippen LogP) is 1.39. The Balaban J connectivity index is 2.05. The number of nitrogens with zero attached hydrogens (tertiary/aromatic N) is 1. The van der Waals surface area contributed by atoms with Crippen molar-refractivity contribution in [3.8, 4) is 0 Å². The Labute approximate surface area is 95.0 Å². The van der Waals surface area contributed by atoms with Crippen molar-refractivity contribution in [3.05, 3.63) is 28.7 Å². The van der Waals surface area contributed by atoms with Crippen LogP contribution >= 0.6 is 0 Å². The fourth-order valence-corrected chi connectivity index (χ4v) is 2.10. The molecule has 0 aliphatic carbocycles. The lowest BCUT2D eigenvalue weighted by molar-refractivity contribution is -0.0217. The molecule has 1 atom stereocenters. The second-order valence-electron chi connectivity index (χ2n) is 5.00. The molecule has 1 aliphatic heterocycles. The summed E-state index contributed by atoms with van der Waals surface area (Å²) in [5.41, 5.74) is 5.73. The van der Waals surface area contributed by atoms with Gasteiger partial charge in [0.2, 0.25) is 5.43 Å². The van der Waals surface area contributed by atoms with Crippen LogP contribution < -0.4 is 11.2 Å². The first kappa shape index (κ1) is 11.2. The van der Waals surface area contributed by atoms with Crippen LogP contribution in [0.3, 0.4) is 0 Å². The van der Waals surface area contributed by atoms with Crippen molar-refractivity contribution in [2.75, 3.05) is 5.73 Å². The summed E-state index contributed by atoms with van der Waals surface area (Å²) in [5, 5.41) is 0. The van der Waals surface area contributed by atoms with Gasteiger partial charge in [0.1, 0.15) is 0 Å². The second-order valence-corrected chi connectivity index (χ2v) is 5.00. The highest BCUT2D eigenvalue weighted by atomic mass is 16.5. The topological polar surface area (TPSA) is 57.2 Å². The van der Waals surface area contributed by atoms with Crippen molar-refractivity contribution in [2.24, 2.45) is 0 Å². The highest BCUT2D eigenvalue weighted by Crippen LogP contribution is 2.29. The van der Waals surface area contributed by atoms with E-state index < -0.39 is 0 Å². The third kappa shape index (κ3) is 2.44. The van der Waals surface area contributed by atoms with Gasteiger partial charge in [-0.2, -0.15) is 0 Å². The zero-order valence-corrected chi connectivity index (χ0v) is 9.77. The molecule has 0 spiro atoms. The van der Waals surface area contributed by atoms with Crippen molar-refractivity contribution in [3.63, 3.8) is 0 Å². The number of anilines is 1. The van der Waals surface area contributed by atoms with Gasteiger partial charge in [-0.1, -0.05) is 0 Å². The molecule has 1 saturated heterocycles. The Hall–Kier alpha value is -1.29.